The smallest absolute Gasteiger partial charge is 0.321 e. The standard InChI is InChI=1S/C23H21F3N2O3/c1-13-10-11-14-16(12-13)22(31)28(21(14)30)19-9-5-2-6-15(19)20(29)27-18-8-4-3-7-17(18)23(24,25)26/h2-9,13-14,16H,10-12H2,1H3,(H,27,29)/t13-,14-,16+/m1/s1. The van der Waals surface area contributed by atoms with Crippen LogP contribution in [0.4, 0.5) is 24.5 Å². The third-order valence-electron chi connectivity index (χ3n) is 6.06. The molecule has 0 spiro atoms. The zero-order chi connectivity index (χ0) is 22.3. The van der Waals surface area contributed by atoms with E-state index >= 15 is 0 Å². The number of amides is 3. The third kappa shape index (κ3) is 3.82. The van der Waals surface area contributed by atoms with Gasteiger partial charge >= 0.3 is 6.18 Å². The number of nitrogens with zero attached hydrogens (tertiary/aromatic N) is 1. The molecule has 1 saturated heterocycles. The first-order valence-corrected chi connectivity index (χ1v) is 10.1. The molecular formula is C23H21F3N2O3. The Hall–Kier alpha value is -3.16. The molecule has 1 aliphatic heterocycles. The van der Waals surface area contributed by atoms with Gasteiger partial charge in [0.1, 0.15) is 0 Å². The first kappa shape index (κ1) is 21.1. The molecule has 0 unspecified atom stereocenters. The van der Waals surface area contributed by atoms with Crippen molar-refractivity contribution in [1.29, 1.82) is 0 Å². The predicted molar refractivity (Wildman–Crippen MR) is 108 cm³/mol. The van der Waals surface area contributed by atoms with E-state index in [1.54, 1.807) is 6.07 Å². The summed E-state index contributed by atoms with van der Waals surface area (Å²) in [5.74, 6) is -2.02. The molecule has 1 heterocycles. The number of fused-ring (bicyclic) bond motifs is 1. The van der Waals surface area contributed by atoms with Crippen molar-refractivity contribution in [3.05, 3.63) is 59.7 Å². The molecule has 2 aromatic carbocycles. The molecule has 1 saturated carbocycles. The summed E-state index contributed by atoms with van der Waals surface area (Å²) in [6.07, 6.45) is -2.57. The summed E-state index contributed by atoms with van der Waals surface area (Å²) in [7, 11) is 0. The van der Waals surface area contributed by atoms with E-state index in [1.807, 2.05) is 6.92 Å². The Balaban J connectivity index is 1.67. The molecule has 0 bridgehead atoms. The Labute approximate surface area is 177 Å². The molecule has 1 aliphatic carbocycles. The fourth-order valence-corrected chi connectivity index (χ4v) is 4.52. The molecule has 4 rings (SSSR count). The number of hydrogen-bond donors (Lipinski definition) is 1. The number of rotatable bonds is 3. The lowest BCUT2D eigenvalue weighted by atomic mass is 9.76. The van der Waals surface area contributed by atoms with Crippen LogP contribution in [0, 0.1) is 17.8 Å². The minimum atomic E-state index is -4.64. The highest BCUT2D eigenvalue weighted by atomic mass is 19.4. The molecule has 1 N–H and O–H groups in total. The maximum atomic E-state index is 13.3. The highest BCUT2D eigenvalue weighted by Crippen LogP contribution is 2.43. The minimum absolute atomic E-state index is 0.0344. The lowest BCUT2D eigenvalue weighted by Gasteiger charge is -2.25. The van der Waals surface area contributed by atoms with E-state index in [4.69, 9.17) is 0 Å². The molecule has 2 fully saturated rings. The maximum Gasteiger partial charge on any atom is 0.418 e. The first-order valence-electron chi connectivity index (χ1n) is 10.1. The van der Waals surface area contributed by atoms with E-state index in [0.29, 0.717) is 18.8 Å². The number of alkyl halides is 3. The monoisotopic (exact) mass is 430 g/mol. The SMILES string of the molecule is C[C@@H]1CC[C@H]2C(=O)N(c3ccccc3C(=O)Nc3ccccc3C(F)(F)F)C(=O)[C@H]2C1. The van der Waals surface area contributed by atoms with Crippen LogP contribution in [0.5, 0.6) is 0 Å². The van der Waals surface area contributed by atoms with Gasteiger partial charge in [-0.15, -0.1) is 0 Å². The Morgan fingerprint density at radius 2 is 1.61 bits per heavy atom. The number of hydrogen-bond acceptors (Lipinski definition) is 3. The van der Waals surface area contributed by atoms with Crippen molar-refractivity contribution >= 4 is 29.1 Å². The number of benzene rings is 2. The highest BCUT2D eigenvalue weighted by molar-refractivity contribution is 6.24. The van der Waals surface area contributed by atoms with Crippen LogP contribution in [0.3, 0.4) is 0 Å². The molecule has 5 nitrogen and oxygen atoms in total. The number of imide groups is 1. The number of carbonyl (C=O) groups is 3. The summed E-state index contributed by atoms with van der Waals surface area (Å²) in [6, 6.07) is 10.6. The third-order valence-corrected chi connectivity index (χ3v) is 6.06. The minimum Gasteiger partial charge on any atom is -0.321 e. The van der Waals surface area contributed by atoms with E-state index in [-0.39, 0.29) is 23.1 Å². The fourth-order valence-electron chi connectivity index (χ4n) is 4.52. The molecule has 3 atom stereocenters. The largest absolute Gasteiger partial charge is 0.418 e. The van der Waals surface area contributed by atoms with Gasteiger partial charge in [-0.2, -0.15) is 13.2 Å². The summed E-state index contributed by atoms with van der Waals surface area (Å²) in [6.45, 7) is 2.04. The van der Waals surface area contributed by atoms with Gasteiger partial charge in [-0.1, -0.05) is 31.2 Å². The molecule has 0 radical (unpaired) electrons. The van der Waals surface area contributed by atoms with Crippen LogP contribution in [0.25, 0.3) is 0 Å². The summed E-state index contributed by atoms with van der Waals surface area (Å²) < 4.78 is 39.8. The Kier molecular flexibility index (Phi) is 5.33. The van der Waals surface area contributed by atoms with Crippen LogP contribution >= 0.6 is 0 Å². The van der Waals surface area contributed by atoms with Gasteiger partial charge in [-0.25, -0.2) is 4.90 Å². The maximum absolute atomic E-state index is 13.3. The molecule has 8 heteroatoms. The van der Waals surface area contributed by atoms with Gasteiger partial charge in [0.2, 0.25) is 11.8 Å². The van der Waals surface area contributed by atoms with Gasteiger partial charge < -0.3 is 5.32 Å². The lowest BCUT2D eigenvalue weighted by Crippen LogP contribution is -2.33. The second kappa shape index (κ2) is 7.83. The molecule has 162 valence electrons. The number of para-hydroxylation sites is 2. The molecule has 2 aromatic rings. The average Bonchev–Trinajstić information content (AvgIpc) is 2.97. The second-order valence-electron chi connectivity index (χ2n) is 8.16. The van der Waals surface area contributed by atoms with Gasteiger partial charge in [0.05, 0.1) is 34.3 Å². The highest BCUT2D eigenvalue weighted by Gasteiger charge is 2.50. The van der Waals surface area contributed by atoms with Crippen molar-refractivity contribution in [2.45, 2.75) is 32.4 Å². The van der Waals surface area contributed by atoms with Crippen LogP contribution in [-0.4, -0.2) is 17.7 Å². The number of halogens is 3. The summed E-state index contributed by atoms with van der Waals surface area (Å²) in [5, 5.41) is 2.29. The van der Waals surface area contributed by atoms with Gasteiger partial charge in [0.15, 0.2) is 0 Å². The normalized spacial score (nSPS) is 23.6. The van der Waals surface area contributed by atoms with Gasteiger partial charge in [-0.3, -0.25) is 14.4 Å². The first-order chi connectivity index (χ1) is 14.7. The molecule has 0 aromatic heterocycles. The van der Waals surface area contributed by atoms with E-state index in [2.05, 4.69) is 5.32 Å². The second-order valence-corrected chi connectivity index (χ2v) is 8.16. The molecular weight excluding hydrogens is 409 g/mol. The number of anilines is 2. The van der Waals surface area contributed by atoms with Gasteiger partial charge in [0, 0.05) is 0 Å². The lowest BCUT2D eigenvalue weighted by molar-refractivity contribution is -0.137. The van der Waals surface area contributed by atoms with Gasteiger partial charge in [-0.05, 0) is 49.4 Å². The zero-order valence-electron chi connectivity index (χ0n) is 16.8. The van der Waals surface area contributed by atoms with Crippen LogP contribution in [0.2, 0.25) is 0 Å². The fraction of sp³-hybridized carbons (Fsp3) is 0.348. The van der Waals surface area contributed by atoms with Crippen molar-refractivity contribution in [2.75, 3.05) is 10.2 Å². The van der Waals surface area contributed by atoms with Crippen molar-refractivity contribution in [3.63, 3.8) is 0 Å². The quantitative estimate of drug-likeness (QED) is 0.706. The van der Waals surface area contributed by atoms with Gasteiger partial charge in [0.25, 0.3) is 5.91 Å². The zero-order valence-corrected chi connectivity index (χ0v) is 16.8. The van der Waals surface area contributed by atoms with Crippen molar-refractivity contribution in [3.8, 4) is 0 Å². The van der Waals surface area contributed by atoms with E-state index in [9.17, 15) is 27.6 Å². The topological polar surface area (TPSA) is 66.5 Å². The number of carbonyl (C=O) groups excluding carboxylic acids is 3. The Morgan fingerprint density at radius 3 is 2.35 bits per heavy atom. The van der Waals surface area contributed by atoms with Crippen LogP contribution in [-0.2, 0) is 15.8 Å². The predicted octanol–water partition coefficient (Wildman–Crippen LogP) is 4.88. The van der Waals surface area contributed by atoms with Crippen LogP contribution < -0.4 is 10.2 Å². The Morgan fingerprint density at radius 1 is 0.968 bits per heavy atom. The summed E-state index contributed by atoms with van der Waals surface area (Å²) >= 11 is 0. The average molecular weight is 430 g/mol. The molecule has 31 heavy (non-hydrogen) atoms. The molecule has 3 amide bonds. The summed E-state index contributed by atoms with van der Waals surface area (Å²) in [5.41, 5.74) is -1.31. The van der Waals surface area contributed by atoms with E-state index in [1.165, 1.54) is 30.3 Å². The van der Waals surface area contributed by atoms with Crippen molar-refractivity contribution in [2.24, 2.45) is 17.8 Å². The van der Waals surface area contributed by atoms with Crippen LogP contribution in [0.1, 0.15) is 42.1 Å². The Bertz CT molecular complexity index is 1050. The van der Waals surface area contributed by atoms with Crippen LogP contribution in [0.15, 0.2) is 48.5 Å². The molecule has 2 aliphatic rings. The van der Waals surface area contributed by atoms with E-state index in [0.717, 1.165) is 23.5 Å². The van der Waals surface area contributed by atoms with Crippen molar-refractivity contribution < 1.29 is 27.6 Å². The van der Waals surface area contributed by atoms with Crippen molar-refractivity contribution in [1.82, 2.24) is 0 Å². The summed E-state index contributed by atoms with van der Waals surface area (Å²) in [4.78, 5) is 40.0. The van der Waals surface area contributed by atoms with E-state index < -0.39 is 35.2 Å². The number of nitrogens with one attached hydrogen (secondary N) is 1.